The second kappa shape index (κ2) is 6.86. The Labute approximate surface area is 89.1 Å². The van der Waals surface area contributed by atoms with Gasteiger partial charge < -0.3 is 15.2 Å². The zero-order valence-electron chi connectivity index (χ0n) is 9.03. The van der Waals surface area contributed by atoms with Crippen molar-refractivity contribution in [3.05, 3.63) is 12.7 Å². The molecular weight excluding hydrogens is 198 g/mol. The number of carboxylic acids is 1. The maximum absolute atomic E-state index is 11.1. The molecular formula is C10H17NO4. The Morgan fingerprint density at radius 3 is 2.53 bits per heavy atom. The summed E-state index contributed by atoms with van der Waals surface area (Å²) in [6.07, 6.45) is 0.719. The van der Waals surface area contributed by atoms with Crippen molar-refractivity contribution in [2.45, 2.75) is 26.3 Å². The van der Waals surface area contributed by atoms with Crippen LogP contribution < -0.4 is 5.32 Å². The van der Waals surface area contributed by atoms with Crippen molar-refractivity contribution in [3.8, 4) is 0 Å². The van der Waals surface area contributed by atoms with Gasteiger partial charge in [0.25, 0.3) is 0 Å². The molecule has 0 aromatic carbocycles. The largest absolute Gasteiger partial charge is 0.481 e. The Kier molecular flexibility index (Phi) is 6.17. The van der Waals surface area contributed by atoms with Crippen LogP contribution in [0.4, 0.5) is 4.79 Å². The van der Waals surface area contributed by atoms with Gasteiger partial charge in [-0.3, -0.25) is 4.79 Å². The molecule has 0 aliphatic carbocycles. The minimum absolute atomic E-state index is 0.0392. The maximum Gasteiger partial charge on any atom is 0.407 e. The first-order valence-electron chi connectivity index (χ1n) is 4.73. The summed E-state index contributed by atoms with van der Waals surface area (Å²) in [5, 5.41) is 11.1. The monoisotopic (exact) mass is 215 g/mol. The minimum atomic E-state index is -0.947. The van der Waals surface area contributed by atoms with Gasteiger partial charge in [0.1, 0.15) is 6.61 Å². The summed E-state index contributed by atoms with van der Waals surface area (Å²) < 4.78 is 4.69. The summed E-state index contributed by atoms with van der Waals surface area (Å²) in [6, 6.07) is -0.417. The normalized spacial score (nSPS) is 11.9. The zero-order chi connectivity index (χ0) is 11.8. The fraction of sp³-hybridized carbons (Fsp3) is 0.600. The van der Waals surface area contributed by atoms with Crippen LogP contribution in [-0.4, -0.2) is 29.8 Å². The minimum Gasteiger partial charge on any atom is -0.481 e. The van der Waals surface area contributed by atoms with E-state index in [-0.39, 0.29) is 18.9 Å². The number of hydrogen-bond donors (Lipinski definition) is 2. The van der Waals surface area contributed by atoms with Gasteiger partial charge in [0.2, 0.25) is 0 Å². The van der Waals surface area contributed by atoms with E-state index in [9.17, 15) is 9.59 Å². The topological polar surface area (TPSA) is 75.6 Å². The summed E-state index contributed by atoms with van der Waals surface area (Å²) in [5.41, 5.74) is 0. The number of nitrogens with one attached hydrogen (secondary N) is 1. The number of aliphatic carboxylic acids is 1. The highest BCUT2D eigenvalue weighted by atomic mass is 16.5. The van der Waals surface area contributed by atoms with Crippen molar-refractivity contribution in [1.82, 2.24) is 5.32 Å². The lowest BCUT2D eigenvalue weighted by molar-refractivity contribution is -0.137. The Morgan fingerprint density at radius 1 is 1.53 bits per heavy atom. The van der Waals surface area contributed by atoms with Crippen LogP contribution in [0.3, 0.4) is 0 Å². The zero-order valence-corrected chi connectivity index (χ0v) is 9.03. The highest BCUT2D eigenvalue weighted by molar-refractivity contribution is 5.71. The quantitative estimate of drug-likeness (QED) is 0.656. The van der Waals surface area contributed by atoms with E-state index in [1.807, 2.05) is 13.8 Å². The first-order chi connectivity index (χ1) is 6.97. The number of ether oxygens (including phenoxy) is 1. The number of carboxylic acid groups (broad SMARTS) is 1. The van der Waals surface area contributed by atoms with E-state index in [4.69, 9.17) is 9.84 Å². The lowest BCUT2D eigenvalue weighted by atomic mass is 10.0. The molecule has 0 spiro atoms. The third-order valence-electron chi connectivity index (χ3n) is 1.83. The average Bonchev–Trinajstić information content (AvgIpc) is 2.12. The molecule has 0 aliphatic heterocycles. The molecule has 0 saturated heterocycles. The molecule has 86 valence electrons. The van der Waals surface area contributed by atoms with E-state index >= 15 is 0 Å². The Bertz CT molecular complexity index is 238. The second-order valence-electron chi connectivity index (χ2n) is 3.48. The average molecular weight is 215 g/mol. The number of rotatable bonds is 6. The van der Waals surface area contributed by atoms with E-state index in [0.717, 1.165) is 0 Å². The van der Waals surface area contributed by atoms with Gasteiger partial charge in [-0.25, -0.2) is 4.79 Å². The van der Waals surface area contributed by atoms with Crippen molar-refractivity contribution in [2.24, 2.45) is 5.92 Å². The van der Waals surface area contributed by atoms with Crippen LogP contribution in [0, 0.1) is 5.92 Å². The molecule has 0 aliphatic rings. The van der Waals surface area contributed by atoms with Gasteiger partial charge >= 0.3 is 12.1 Å². The van der Waals surface area contributed by atoms with Gasteiger partial charge in [0, 0.05) is 6.04 Å². The number of carbonyl (C=O) groups excluding carboxylic acids is 1. The number of alkyl carbamates (subject to hydrolysis) is 1. The molecule has 5 heteroatoms. The molecule has 0 radical (unpaired) electrons. The molecule has 2 N–H and O–H groups in total. The van der Waals surface area contributed by atoms with Crippen LogP contribution in [0.2, 0.25) is 0 Å². The first-order valence-corrected chi connectivity index (χ1v) is 4.73. The molecule has 0 heterocycles. The first kappa shape index (κ1) is 13.5. The smallest absolute Gasteiger partial charge is 0.407 e. The summed E-state index contributed by atoms with van der Waals surface area (Å²) in [5.74, 6) is -0.907. The van der Waals surface area contributed by atoms with E-state index in [1.54, 1.807) is 0 Å². The SMILES string of the molecule is C=CCOC(=O)N[C@@H](CC(=O)O)C(C)C. The molecule has 0 aromatic heterocycles. The predicted octanol–water partition coefficient (Wildman–Crippen LogP) is 1.40. The lowest BCUT2D eigenvalue weighted by Crippen LogP contribution is -2.40. The van der Waals surface area contributed by atoms with Gasteiger partial charge in [-0.05, 0) is 5.92 Å². The van der Waals surface area contributed by atoms with Crippen molar-refractivity contribution >= 4 is 12.1 Å². The molecule has 0 unspecified atom stereocenters. The fourth-order valence-electron chi connectivity index (χ4n) is 0.969. The molecule has 0 bridgehead atoms. The van der Waals surface area contributed by atoms with Crippen molar-refractivity contribution in [1.29, 1.82) is 0 Å². The second-order valence-corrected chi connectivity index (χ2v) is 3.48. The van der Waals surface area contributed by atoms with Gasteiger partial charge in [-0.15, -0.1) is 0 Å². The van der Waals surface area contributed by atoms with Crippen LogP contribution in [0.25, 0.3) is 0 Å². The third-order valence-corrected chi connectivity index (χ3v) is 1.83. The summed E-state index contributed by atoms with van der Waals surface area (Å²) in [7, 11) is 0. The molecule has 0 saturated carbocycles. The third kappa shape index (κ3) is 6.54. The van der Waals surface area contributed by atoms with Gasteiger partial charge in [-0.1, -0.05) is 26.5 Å². The Balaban J connectivity index is 4.09. The molecule has 5 nitrogen and oxygen atoms in total. The highest BCUT2D eigenvalue weighted by Crippen LogP contribution is 2.06. The molecule has 0 fully saturated rings. The van der Waals surface area contributed by atoms with E-state index in [0.29, 0.717) is 0 Å². The molecule has 0 rings (SSSR count). The van der Waals surface area contributed by atoms with Gasteiger partial charge in [-0.2, -0.15) is 0 Å². The molecule has 15 heavy (non-hydrogen) atoms. The number of hydrogen-bond acceptors (Lipinski definition) is 3. The van der Waals surface area contributed by atoms with Crippen molar-refractivity contribution < 1.29 is 19.4 Å². The van der Waals surface area contributed by atoms with Crippen LogP contribution in [0.5, 0.6) is 0 Å². The van der Waals surface area contributed by atoms with Crippen LogP contribution in [0.1, 0.15) is 20.3 Å². The van der Waals surface area contributed by atoms with Gasteiger partial charge in [0.05, 0.1) is 6.42 Å². The van der Waals surface area contributed by atoms with E-state index in [2.05, 4.69) is 11.9 Å². The number of amides is 1. The van der Waals surface area contributed by atoms with E-state index in [1.165, 1.54) is 6.08 Å². The molecule has 1 amide bonds. The van der Waals surface area contributed by atoms with Crippen LogP contribution in [0.15, 0.2) is 12.7 Å². The molecule has 1 atom stereocenters. The Hall–Kier alpha value is -1.52. The maximum atomic E-state index is 11.1. The Morgan fingerprint density at radius 2 is 2.13 bits per heavy atom. The fourth-order valence-corrected chi connectivity index (χ4v) is 0.969. The van der Waals surface area contributed by atoms with E-state index < -0.39 is 18.1 Å². The summed E-state index contributed by atoms with van der Waals surface area (Å²) in [6.45, 7) is 7.18. The van der Waals surface area contributed by atoms with Crippen LogP contribution >= 0.6 is 0 Å². The molecule has 0 aromatic rings. The number of carbonyl (C=O) groups is 2. The lowest BCUT2D eigenvalue weighted by Gasteiger charge is -2.19. The highest BCUT2D eigenvalue weighted by Gasteiger charge is 2.19. The standard InChI is InChI=1S/C10H17NO4/c1-4-5-15-10(14)11-8(7(2)3)6-9(12)13/h4,7-8H,1,5-6H2,2-3H3,(H,11,14)(H,12,13)/t8-/m0/s1. The van der Waals surface area contributed by atoms with Crippen molar-refractivity contribution in [3.63, 3.8) is 0 Å². The van der Waals surface area contributed by atoms with Crippen LogP contribution in [-0.2, 0) is 9.53 Å². The summed E-state index contributed by atoms with van der Waals surface area (Å²) in [4.78, 5) is 21.6. The van der Waals surface area contributed by atoms with Crippen molar-refractivity contribution in [2.75, 3.05) is 6.61 Å². The van der Waals surface area contributed by atoms with Gasteiger partial charge in [0.15, 0.2) is 0 Å². The predicted molar refractivity (Wildman–Crippen MR) is 55.6 cm³/mol. The summed E-state index contributed by atoms with van der Waals surface area (Å²) >= 11 is 0.